The molecule has 3 heteroatoms. The topological polar surface area (TPSA) is 17.4 Å². The van der Waals surface area contributed by atoms with Crippen molar-refractivity contribution in [3.8, 4) is 5.75 Å². The molecule has 0 atom stereocenters. The molecule has 0 bridgehead atoms. The largest absolute Gasteiger partial charge is 0.489 e. The van der Waals surface area contributed by atoms with Gasteiger partial charge in [-0.1, -0.05) is 36.4 Å². The van der Waals surface area contributed by atoms with Gasteiger partial charge in [-0.3, -0.25) is 4.90 Å². The fourth-order valence-electron chi connectivity index (χ4n) is 4.51. The molecule has 2 aromatic carbocycles. The van der Waals surface area contributed by atoms with Crippen LogP contribution in [0.4, 0.5) is 0 Å². The lowest BCUT2D eigenvalue weighted by Gasteiger charge is -2.20. The number of nitrogens with zero attached hydrogens (tertiary/aromatic N) is 2. The molecule has 0 spiro atoms. The van der Waals surface area contributed by atoms with E-state index in [4.69, 9.17) is 4.74 Å². The molecule has 2 aliphatic heterocycles. The number of aromatic nitrogens is 1. The molecule has 0 aliphatic carbocycles. The van der Waals surface area contributed by atoms with Gasteiger partial charge in [0.05, 0.1) is 0 Å². The van der Waals surface area contributed by atoms with E-state index in [0.29, 0.717) is 6.61 Å². The van der Waals surface area contributed by atoms with Gasteiger partial charge in [0.25, 0.3) is 0 Å². The van der Waals surface area contributed by atoms with E-state index >= 15 is 0 Å². The number of hydrogen-bond acceptors (Lipinski definition) is 2. The quantitative estimate of drug-likeness (QED) is 0.694. The molecule has 132 valence electrons. The Morgan fingerprint density at radius 2 is 1.85 bits per heavy atom. The predicted octanol–water partition coefficient (Wildman–Crippen LogP) is 4.18. The van der Waals surface area contributed by atoms with E-state index in [-0.39, 0.29) is 0 Å². The van der Waals surface area contributed by atoms with E-state index in [9.17, 15) is 0 Å². The predicted molar refractivity (Wildman–Crippen MR) is 107 cm³/mol. The van der Waals surface area contributed by atoms with Gasteiger partial charge in [-0.2, -0.15) is 0 Å². The summed E-state index contributed by atoms with van der Waals surface area (Å²) in [6.45, 7) is 3.93. The smallest absolute Gasteiger partial charge is 0.127 e. The van der Waals surface area contributed by atoms with Crippen LogP contribution in [0, 0.1) is 0 Å². The van der Waals surface area contributed by atoms with Crippen molar-refractivity contribution in [1.82, 2.24) is 9.47 Å². The van der Waals surface area contributed by atoms with Crippen LogP contribution in [0.5, 0.6) is 5.75 Å². The fraction of sp³-hybridized carbons (Fsp3) is 0.304. The van der Waals surface area contributed by atoms with Gasteiger partial charge in [0.2, 0.25) is 0 Å². The van der Waals surface area contributed by atoms with Crippen LogP contribution < -0.4 is 4.74 Å². The van der Waals surface area contributed by atoms with Gasteiger partial charge in [0.1, 0.15) is 12.4 Å². The van der Waals surface area contributed by atoms with Gasteiger partial charge in [0, 0.05) is 55.3 Å². The first-order valence-corrected chi connectivity index (χ1v) is 9.50. The summed E-state index contributed by atoms with van der Waals surface area (Å²) < 4.78 is 8.26. The van der Waals surface area contributed by atoms with Crippen LogP contribution in [0.25, 0.3) is 17.0 Å². The molecule has 3 heterocycles. The molecule has 0 amide bonds. The highest BCUT2D eigenvalue weighted by molar-refractivity contribution is 5.96. The minimum absolute atomic E-state index is 0.679. The highest BCUT2D eigenvalue weighted by Crippen LogP contribution is 2.37. The Morgan fingerprint density at radius 3 is 2.73 bits per heavy atom. The lowest BCUT2D eigenvalue weighted by molar-refractivity contribution is 0.278. The SMILES string of the molecule is Cn1c2c(c3c4c(ccc31)OCC=C4)CCN(Cc1ccccc1)CC2. The third-order valence-corrected chi connectivity index (χ3v) is 5.81. The third-order valence-electron chi connectivity index (χ3n) is 5.81. The summed E-state index contributed by atoms with van der Waals surface area (Å²) in [6.07, 6.45) is 6.57. The number of benzene rings is 2. The number of rotatable bonds is 2. The van der Waals surface area contributed by atoms with Crippen LogP contribution in [0.1, 0.15) is 22.4 Å². The van der Waals surface area contributed by atoms with Crippen LogP contribution in [-0.4, -0.2) is 29.2 Å². The minimum Gasteiger partial charge on any atom is -0.489 e. The van der Waals surface area contributed by atoms with Crippen molar-refractivity contribution >= 4 is 17.0 Å². The van der Waals surface area contributed by atoms with Crippen molar-refractivity contribution in [2.24, 2.45) is 7.05 Å². The summed E-state index contributed by atoms with van der Waals surface area (Å²) in [4.78, 5) is 2.59. The van der Waals surface area contributed by atoms with E-state index in [0.717, 1.165) is 38.2 Å². The maximum Gasteiger partial charge on any atom is 0.127 e. The van der Waals surface area contributed by atoms with Crippen LogP contribution >= 0.6 is 0 Å². The average molecular weight is 344 g/mol. The highest BCUT2D eigenvalue weighted by atomic mass is 16.5. The van der Waals surface area contributed by atoms with Crippen LogP contribution in [0.3, 0.4) is 0 Å². The lowest BCUT2D eigenvalue weighted by Crippen LogP contribution is -2.26. The number of aryl methyl sites for hydroxylation is 1. The maximum atomic E-state index is 5.86. The molecule has 0 fully saturated rings. The standard InChI is InChI=1S/C23H24N2O/c1-24-20-12-14-25(16-17-6-3-2-4-7-17)13-11-18(20)23-19-8-5-15-26-22(19)10-9-21(23)24/h2-10H,11-16H2,1H3. The monoisotopic (exact) mass is 344 g/mol. The van der Waals surface area contributed by atoms with Crippen LogP contribution in [0.2, 0.25) is 0 Å². The Labute approximate surface area is 154 Å². The van der Waals surface area contributed by atoms with Crippen LogP contribution in [-0.2, 0) is 26.4 Å². The first kappa shape index (κ1) is 15.7. The van der Waals surface area contributed by atoms with Gasteiger partial charge in [-0.15, -0.1) is 0 Å². The second kappa shape index (κ2) is 6.33. The first-order chi connectivity index (χ1) is 12.8. The number of hydrogen-bond donors (Lipinski definition) is 0. The molecule has 3 nitrogen and oxygen atoms in total. The number of ether oxygens (including phenoxy) is 1. The summed E-state index contributed by atoms with van der Waals surface area (Å²) in [5, 5.41) is 1.40. The van der Waals surface area contributed by atoms with E-state index in [1.54, 1.807) is 0 Å². The summed E-state index contributed by atoms with van der Waals surface area (Å²) in [5.41, 5.74) is 7.01. The molecule has 0 radical (unpaired) electrons. The normalized spacial score (nSPS) is 16.8. The Balaban J connectivity index is 1.51. The summed E-state index contributed by atoms with van der Waals surface area (Å²) in [6, 6.07) is 15.2. The molecule has 26 heavy (non-hydrogen) atoms. The van der Waals surface area contributed by atoms with Crippen molar-refractivity contribution in [3.05, 3.63) is 70.9 Å². The summed E-state index contributed by atoms with van der Waals surface area (Å²) >= 11 is 0. The van der Waals surface area contributed by atoms with Gasteiger partial charge in [0.15, 0.2) is 0 Å². The Kier molecular flexibility index (Phi) is 3.83. The minimum atomic E-state index is 0.679. The Morgan fingerprint density at radius 1 is 1.00 bits per heavy atom. The molecule has 0 unspecified atom stereocenters. The third kappa shape index (κ3) is 2.55. The van der Waals surface area contributed by atoms with E-state index in [1.807, 2.05) is 0 Å². The van der Waals surface area contributed by atoms with Gasteiger partial charge in [-0.25, -0.2) is 0 Å². The molecule has 1 aromatic heterocycles. The molecule has 0 N–H and O–H groups in total. The fourth-order valence-corrected chi connectivity index (χ4v) is 4.51. The van der Waals surface area contributed by atoms with Crippen molar-refractivity contribution in [2.75, 3.05) is 19.7 Å². The Bertz CT molecular complexity index is 985. The lowest BCUT2D eigenvalue weighted by atomic mass is 10.00. The van der Waals surface area contributed by atoms with Crippen molar-refractivity contribution < 1.29 is 4.74 Å². The van der Waals surface area contributed by atoms with Crippen LogP contribution in [0.15, 0.2) is 48.5 Å². The zero-order valence-corrected chi connectivity index (χ0v) is 15.2. The van der Waals surface area contributed by atoms with Crippen molar-refractivity contribution in [2.45, 2.75) is 19.4 Å². The molecule has 3 aromatic rings. The molecular weight excluding hydrogens is 320 g/mol. The zero-order chi connectivity index (χ0) is 17.5. The van der Waals surface area contributed by atoms with Gasteiger partial charge in [-0.05, 0) is 35.8 Å². The summed E-state index contributed by atoms with van der Waals surface area (Å²) in [5.74, 6) is 1.03. The summed E-state index contributed by atoms with van der Waals surface area (Å²) in [7, 11) is 2.22. The maximum absolute atomic E-state index is 5.86. The zero-order valence-electron chi connectivity index (χ0n) is 15.2. The van der Waals surface area contributed by atoms with E-state index in [1.165, 1.54) is 33.3 Å². The number of fused-ring (bicyclic) bond motifs is 5. The highest BCUT2D eigenvalue weighted by Gasteiger charge is 2.23. The second-order valence-corrected chi connectivity index (χ2v) is 7.33. The second-order valence-electron chi connectivity index (χ2n) is 7.33. The van der Waals surface area contributed by atoms with Gasteiger partial charge < -0.3 is 9.30 Å². The van der Waals surface area contributed by atoms with E-state index in [2.05, 4.69) is 71.1 Å². The average Bonchev–Trinajstić information content (AvgIpc) is 2.82. The first-order valence-electron chi connectivity index (χ1n) is 9.50. The molecule has 5 rings (SSSR count). The molecule has 0 saturated carbocycles. The van der Waals surface area contributed by atoms with Crippen molar-refractivity contribution in [1.29, 1.82) is 0 Å². The van der Waals surface area contributed by atoms with Gasteiger partial charge >= 0.3 is 0 Å². The molecular formula is C23H24N2O. The molecule has 2 aliphatic rings. The van der Waals surface area contributed by atoms with Crippen molar-refractivity contribution in [3.63, 3.8) is 0 Å². The molecule has 0 saturated heterocycles. The van der Waals surface area contributed by atoms with E-state index < -0.39 is 0 Å². The Hall–Kier alpha value is -2.52.